The Morgan fingerprint density at radius 1 is 1.29 bits per heavy atom. The first-order chi connectivity index (χ1) is 13.2. The molecule has 1 saturated heterocycles. The van der Waals surface area contributed by atoms with Gasteiger partial charge in [-0.15, -0.1) is 0 Å². The van der Waals surface area contributed by atoms with E-state index in [0.29, 0.717) is 25.0 Å². The monoisotopic (exact) mass is 398 g/mol. The van der Waals surface area contributed by atoms with Crippen LogP contribution >= 0.6 is 0 Å². The van der Waals surface area contributed by atoms with Crippen molar-refractivity contribution in [2.45, 2.75) is 60.0 Å². The topological polar surface area (TPSA) is 66.4 Å². The largest absolute Gasteiger partial charge is 0.444 e. The first-order valence-corrected chi connectivity index (χ1v) is 10.7. The molecular formula is C21H42N4O3. The fourth-order valence-corrected chi connectivity index (χ4v) is 3.18. The third-order valence-electron chi connectivity index (χ3n) is 4.62. The van der Waals surface area contributed by atoms with Gasteiger partial charge >= 0.3 is 6.09 Å². The number of rotatable bonds is 8. The van der Waals surface area contributed by atoms with E-state index in [1.54, 1.807) is 0 Å². The highest BCUT2D eigenvalue weighted by Crippen LogP contribution is 2.20. The van der Waals surface area contributed by atoms with Gasteiger partial charge in [0.1, 0.15) is 5.60 Å². The molecule has 0 atom stereocenters. The minimum Gasteiger partial charge on any atom is -0.444 e. The van der Waals surface area contributed by atoms with E-state index in [1.807, 2.05) is 39.6 Å². The number of carbonyl (C=O) groups excluding carboxylic acids is 1. The van der Waals surface area contributed by atoms with Crippen LogP contribution in [-0.4, -0.2) is 80.4 Å². The summed E-state index contributed by atoms with van der Waals surface area (Å²) in [6.45, 7) is 17.6. The Morgan fingerprint density at radius 2 is 1.93 bits per heavy atom. The van der Waals surface area contributed by atoms with Gasteiger partial charge in [0.2, 0.25) is 0 Å². The van der Waals surface area contributed by atoms with Crippen LogP contribution in [0.5, 0.6) is 0 Å². The highest BCUT2D eigenvalue weighted by atomic mass is 16.6. The summed E-state index contributed by atoms with van der Waals surface area (Å²) >= 11 is 0. The molecule has 1 heterocycles. The van der Waals surface area contributed by atoms with E-state index >= 15 is 0 Å². The van der Waals surface area contributed by atoms with Gasteiger partial charge in [-0.1, -0.05) is 13.8 Å². The summed E-state index contributed by atoms with van der Waals surface area (Å²) in [4.78, 5) is 20.9. The lowest BCUT2D eigenvalue weighted by Gasteiger charge is -2.36. The number of nitrogens with one attached hydrogen (secondary N) is 1. The standard InChI is InChI=1S/C21H42N4O3/c1-8-24(20(26)28-21(4,5)6)15-18-9-12-25(13-10-18)19(22-7)23-11-14-27-16-17(2)3/h17-18H,8-16H2,1-7H3,(H,22,23). The smallest absolute Gasteiger partial charge is 0.410 e. The molecule has 28 heavy (non-hydrogen) atoms. The van der Waals surface area contributed by atoms with Gasteiger partial charge < -0.3 is 24.6 Å². The molecule has 1 amide bonds. The molecule has 1 aliphatic rings. The molecule has 0 saturated carbocycles. The minimum atomic E-state index is -0.453. The van der Waals surface area contributed by atoms with Crippen molar-refractivity contribution in [3.63, 3.8) is 0 Å². The van der Waals surface area contributed by atoms with Crippen LogP contribution in [0.2, 0.25) is 0 Å². The number of nitrogens with zero attached hydrogens (tertiary/aromatic N) is 3. The number of ether oxygens (including phenoxy) is 2. The molecule has 0 aromatic carbocycles. The van der Waals surface area contributed by atoms with Crippen LogP contribution < -0.4 is 5.32 Å². The van der Waals surface area contributed by atoms with Gasteiger partial charge in [0.15, 0.2) is 5.96 Å². The fraction of sp³-hybridized carbons (Fsp3) is 0.905. The number of likely N-dealkylation sites (tertiary alicyclic amines) is 1. The quantitative estimate of drug-likeness (QED) is 0.386. The van der Waals surface area contributed by atoms with Gasteiger partial charge in [0, 0.05) is 46.4 Å². The Morgan fingerprint density at radius 3 is 2.43 bits per heavy atom. The third-order valence-corrected chi connectivity index (χ3v) is 4.62. The van der Waals surface area contributed by atoms with E-state index in [4.69, 9.17) is 9.47 Å². The maximum atomic E-state index is 12.3. The third kappa shape index (κ3) is 9.62. The van der Waals surface area contributed by atoms with Crippen molar-refractivity contribution in [1.82, 2.24) is 15.1 Å². The molecular weight excluding hydrogens is 356 g/mol. The van der Waals surface area contributed by atoms with Gasteiger partial charge in [-0.3, -0.25) is 4.99 Å². The normalized spacial score (nSPS) is 16.4. The number of carbonyl (C=O) groups is 1. The summed E-state index contributed by atoms with van der Waals surface area (Å²) in [7, 11) is 1.82. The first kappa shape index (κ1) is 24.5. The highest BCUT2D eigenvalue weighted by Gasteiger charge is 2.27. The summed E-state index contributed by atoms with van der Waals surface area (Å²) in [6, 6.07) is 0. The lowest BCUT2D eigenvalue weighted by molar-refractivity contribution is 0.0214. The predicted molar refractivity (Wildman–Crippen MR) is 115 cm³/mol. The molecule has 164 valence electrons. The number of piperidine rings is 1. The Hall–Kier alpha value is -1.50. The van der Waals surface area contributed by atoms with Gasteiger partial charge in [-0.05, 0) is 52.4 Å². The average molecular weight is 399 g/mol. The molecule has 7 heteroatoms. The molecule has 0 unspecified atom stereocenters. The van der Waals surface area contributed by atoms with E-state index in [2.05, 4.69) is 29.1 Å². The summed E-state index contributed by atoms with van der Waals surface area (Å²) in [5.74, 6) is 1.99. The molecule has 0 bridgehead atoms. The molecule has 1 aliphatic heterocycles. The van der Waals surface area contributed by atoms with Crippen LogP contribution in [0.3, 0.4) is 0 Å². The maximum absolute atomic E-state index is 12.3. The average Bonchev–Trinajstić information content (AvgIpc) is 2.61. The lowest BCUT2D eigenvalue weighted by Crippen LogP contribution is -2.48. The van der Waals surface area contributed by atoms with Gasteiger partial charge in [-0.2, -0.15) is 0 Å². The molecule has 0 aliphatic carbocycles. The number of amides is 1. The van der Waals surface area contributed by atoms with Crippen LogP contribution in [0.4, 0.5) is 4.79 Å². The van der Waals surface area contributed by atoms with Gasteiger partial charge in [0.25, 0.3) is 0 Å². The molecule has 0 spiro atoms. The van der Waals surface area contributed by atoms with Gasteiger partial charge in [-0.25, -0.2) is 4.79 Å². The molecule has 0 radical (unpaired) electrons. The predicted octanol–water partition coefficient (Wildman–Crippen LogP) is 3.20. The highest BCUT2D eigenvalue weighted by molar-refractivity contribution is 5.79. The minimum absolute atomic E-state index is 0.212. The van der Waals surface area contributed by atoms with E-state index in [1.165, 1.54) is 0 Å². The zero-order chi connectivity index (χ0) is 21.2. The summed E-state index contributed by atoms with van der Waals surface area (Å²) in [6.07, 6.45) is 1.88. The maximum Gasteiger partial charge on any atom is 0.410 e. The zero-order valence-electron chi connectivity index (χ0n) is 19.1. The van der Waals surface area contributed by atoms with Crippen molar-refractivity contribution < 1.29 is 14.3 Å². The molecule has 7 nitrogen and oxygen atoms in total. The Kier molecular flexibility index (Phi) is 10.6. The molecule has 0 aromatic heterocycles. The second-order valence-electron chi connectivity index (χ2n) is 8.89. The Balaban J connectivity index is 2.38. The number of hydrogen-bond acceptors (Lipinski definition) is 4. The van der Waals surface area contributed by atoms with Crippen molar-refractivity contribution >= 4 is 12.1 Å². The molecule has 0 aromatic rings. The fourth-order valence-electron chi connectivity index (χ4n) is 3.18. The SMILES string of the molecule is CCN(CC1CCN(C(=NC)NCCOCC(C)C)CC1)C(=O)OC(C)(C)C. The van der Waals surface area contributed by atoms with Crippen molar-refractivity contribution in [1.29, 1.82) is 0 Å². The second kappa shape index (κ2) is 12.1. The molecule has 1 rings (SSSR count). The van der Waals surface area contributed by atoms with Crippen LogP contribution in [0.1, 0.15) is 54.4 Å². The number of guanidine groups is 1. The second-order valence-corrected chi connectivity index (χ2v) is 8.89. The number of hydrogen-bond donors (Lipinski definition) is 1. The van der Waals surface area contributed by atoms with Crippen LogP contribution in [0.25, 0.3) is 0 Å². The van der Waals surface area contributed by atoms with Crippen molar-refractivity contribution in [3.8, 4) is 0 Å². The van der Waals surface area contributed by atoms with E-state index in [0.717, 1.165) is 51.6 Å². The summed E-state index contributed by atoms with van der Waals surface area (Å²) < 4.78 is 11.1. The first-order valence-electron chi connectivity index (χ1n) is 10.7. The Bertz CT molecular complexity index is 481. The van der Waals surface area contributed by atoms with Gasteiger partial charge in [0.05, 0.1) is 6.61 Å². The van der Waals surface area contributed by atoms with Crippen LogP contribution in [-0.2, 0) is 9.47 Å². The van der Waals surface area contributed by atoms with Crippen LogP contribution in [0.15, 0.2) is 4.99 Å². The molecule has 1 N–H and O–H groups in total. The van der Waals surface area contributed by atoms with E-state index in [-0.39, 0.29) is 6.09 Å². The summed E-state index contributed by atoms with van der Waals surface area (Å²) in [5, 5.41) is 3.39. The van der Waals surface area contributed by atoms with E-state index in [9.17, 15) is 4.79 Å². The van der Waals surface area contributed by atoms with Crippen molar-refractivity contribution in [2.24, 2.45) is 16.8 Å². The zero-order valence-corrected chi connectivity index (χ0v) is 19.1. The molecule has 1 fully saturated rings. The van der Waals surface area contributed by atoms with E-state index < -0.39 is 5.60 Å². The van der Waals surface area contributed by atoms with Crippen molar-refractivity contribution in [3.05, 3.63) is 0 Å². The summed E-state index contributed by atoms with van der Waals surface area (Å²) in [5.41, 5.74) is -0.453. The lowest BCUT2D eigenvalue weighted by atomic mass is 9.96. The van der Waals surface area contributed by atoms with Crippen molar-refractivity contribution in [2.75, 3.05) is 53.0 Å². The Labute approximate surface area is 171 Å². The van der Waals surface area contributed by atoms with Crippen LogP contribution in [0, 0.1) is 11.8 Å². The number of aliphatic imine (C=N–C) groups is 1.